The van der Waals surface area contributed by atoms with Crippen LogP contribution in [0.4, 0.5) is 5.82 Å². The summed E-state index contributed by atoms with van der Waals surface area (Å²) in [5.41, 5.74) is 2.87. The van der Waals surface area contributed by atoms with Crippen molar-refractivity contribution in [1.29, 1.82) is 0 Å². The van der Waals surface area contributed by atoms with Crippen LogP contribution in [-0.2, 0) is 13.0 Å². The summed E-state index contributed by atoms with van der Waals surface area (Å²) in [4.78, 5) is 27.3. The molecule has 0 saturated carbocycles. The Morgan fingerprint density at radius 3 is 2.59 bits per heavy atom. The zero-order valence-electron chi connectivity index (χ0n) is 16.4. The monoisotopic (exact) mass is 387 g/mol. The van der Waals surface area contributed by atoms with Gasteiger partial charge in [0.2, 0.25) is 0 Å². The number of benzene rings is 1. The van der Waals surface area contributed by atoms with Gasteiger partial charge in [-0.1, -0.05) is 36.4 Å². The molecule has 0 atom stereocenters. The van der Waals surface area contributed by atoms with Gasteiger partial charge in [-0.15, -0.1) is 0 Å². The van der Waals surface area contributed by atoms with E-state index in [1.54, 1.807) is 18.5 Å². The number of pyridine rings is 1. The standard InChI is InChI=1S/C23H25N5O/c29-23(28-11-8-19(9-12-28)13-18-5-2-1-3-6-18)21-14-22(27-17-26-21)25-16-20-7-4-10-24-15-20/h1-7,10,14-15,17,19H,8-9,11-13,16H2,(H,25,26,27). The number of nitrogens with one attached hydrogen (secondary N) is 1. The Labute approximate surface area is 171 Å². The van der Waals surface area contributed by atoms with Crippen molar-refractivity contribution >= 4 is 11.7 Å². The van der Waals surface area contributed by atoms with E-state index in [-0.39, 0.29) is 5.91 Å². The van der Waals surface area contributed by atoms with Gasteiger partial charge >= 0.3 is 0 Å². The van der Waals surface area contributed by atoms with Gasteiger partial charge in [-0.2, -0.15) is 0 Å². The fourth-order valence-corrected chi connectivity index (χ4v) is 3.72. The van der Waals surface area contributed by atoms with Crippen LogP contribution in [0, 0.1) is 5.92 Å². The fraction of sp³-hybridized carbons (Fsp3) is 0.304. The molecule has 1 aliphatic rings. The van der Waals surface area contributed by atoms with E-state index in [9.17, 15) is 4.79 Å². The van der Waals surface area contributed by atoms with Crippen LogP contribution in [0.1, 0.15) is 34.5 Å². The summed E-state index contributed by atoms with van der Waals surface area (Å²) < 4.78 is 0. The van der Waals surface area contributed by atoms with Crippen molar-refractivity contribution in [1.82, 2.24) is 19.9 Å². The number of carbonyl (C=O) groups excluding carboxylic acids is 1. The van der Waals surface area contributed by atoms with Crippen molar-refractivity contribution in [3.63, 3.8) is 0 Å². The molecular weight excluding hydrogens is 362 g/mol. The van der Waals surface area contributed by atoms with Crippen LogP contribution in [0.15, 0.2) is 67.3 Å². The second-order valence-corrected chi connectivity index (χ2v) is 7.43. The molecule has 1 aliphatic heterocycles. The third-order valence-electron chi connectivity index (χ3n) is 5.35. The van der Waals surface area contributed by atoms with Crippen LogP contribution in [-0.4, -0.2) is 38.8 Å². The van der Waals surface area contributed by atoms with Crippen molar-refractivity contribution in [3.8, 4) is 0 Å². The Hall–Kier alpha value is -3.28. The molecule has 4 rings (SSSR count). The molecule has 1 aromatic carbocycles. The highest BCUT2D eigenvalue weighted by atomic mass is 16.2. The normalized spacial score (nSPS) is 14.6. The predicted molar refractivity (Wildman–Crippen MR) is 112 cm³/mol. The summed E-state index contributed by atoms with van der Waals surface area (Å²) in [6, 6.07) is 16.2. The number of aromatic nitrogens is 3. The minimum atomic E-state index is -0.0185. The average Bonchev–Trinajstić information content (AvgIpc) is 2.79. The van der Waals surface area contributed by atoms with E-state index in [0.717, 1.165) is 37.9 Å². The van der Waals surface area contributed by atoms with Gasteiger partial charge in [-0.05, 0) is 42.4 Å². The molecule has 29 heavy (non-hydrogen) atoms. The summed E-state index contributed by atoms with van der Waals surface area (Å²) >= 11 is 0. The summed E-state index contributed by atoms with van der Waals surface area (Å²) in [5, 5.41) is 3.23. The predicted octanol–water partition coefficient (Wildman–Crippen LogP) is 3.58. The summed E-state index contributed by atoms with van der Waals surface area (Å²) in [6.07, 6.45) is 8.13. The van der Waals surface area contributed by atoms with Gasteiger partial charge < -0.3 is 10.2 Å². The second-order valence-electron chi connectivity index (χ2n) is 7.43. The van der Waals surface area contributed by atoms with E-state index in [1.807, 2.05) is 23.1 Å². The minimum absolute atomic E-state index is 0.0185. The first-order chi connectivity index (χ1) is 14.3. The number of piperidine rings is 1. The molecule has 1 amide bonds. The van der Waals surface area contributed by atoms with Crippen LogP contribution in [0.3, 0.4) is 0 Å². The zero-order valence-corrected chi connectivity index (χ0v) is 16.4. The number of carbonyl (C=O) groups is 1. The number of anilines is 1. The third-order valence-corrected chi connectivity index (χ3v) is 5.35. The molecule has 0 radical (unpaired) electrons. The molecule has 0 spiro atoms. The molecule has 1 saturated heterocycles. The lowest BCUT2D eigenvalue weighted by Crippen LogP contribution is -2.39. The first-order valence-corrected chi connectivity index (χ1v) is 10.1. The molecule has 3 heterocycles. The fourth-order valence-electron chi connectivity index (χ4n) is 3.72. The number of likely N-dealkylation sites (tertiary alicyclic amines) is 1. The molecule has 1 N–H and O–H groups in total. The molecule has 6 heteroatoms. The number of rotatable bonds is 6. The Morgan fingerprint density at radius 2 is 1.83 bits per heavy atom. The molecule has 0 unspecified atom stereocenters. The summed E-state index contributed by atoms with van der Waals surface area (Å²) in [5.74, 6) is 1.25. The van der Waals surface area contributed by atoms with Crippen molar-refractivity contribution in [2.75, 3.05) is 18.4 Å². The number of amides is 1. The largest absolute Gasteiger partial charge is 0.366 e. The van der Waals surface area contributed by atoms with Crippen LogP contribution in [0.2, 0.25) is 0 Å². The SMILES string of the molecule is O=C(c1cc(NCc2cccnc2)ncn1)N1CCC(Cc2ccccc2)CC1. The van der Waals surface area contributed by atoms with E-state index in [2.05, 4.69) is 44.5 Å². The number of nitrogens with zero attached hydrogens (tertiary/aromatic N) is 4. The molecule has 6 nitrogen and oxygen atoms in total. The van der Waals surface area contributed by atoms with E-state index in [1.165, 1.54) is 11.9 Å². The van der Waals surface area contributed by atoms with Crippen LogP contribution >= 0.6 is 0 Å². The van der Waals surface area contributed by atoms with E-state index >= 15 is 0 Å². The first kappa shape index (κ1) is 19.1. The van der Waals surface area contributed by atoms with E-state index in [4.69, 9.17) is 0 Å². The van der Waals surface area contributed by atoms with Crippen LogP contribution in [0.5, 0.6) is 0 Å². The second kappa shape index (κ2) is 9.28. The molecule has 0 aliphatic carbocycles. The van der Waals surface area contributed by atoms with Gasteiger partial charge in [0.25, 0.3) is 5.91 Å². The Bertz CT molecular complexity index is 924. The highest BCUT2D eigenvalue weighted by Crippen LogP contribution is 2.23. The molecule has 1 fully saturated rings. The van der Waals surface area contributed by atoms with Gasteiger partial charge in [0.1, 0.15) is 17.8 Å². The van der Waals surface area contributed by atoms with Gasteiger partial charge in [0.05, 0.1) is 0 Å². The van der Waals surface area contributed by atoms with E-state index in [0.29, 0.717) is 24.0 Å². The van der Waals surface area contributed by atoms with Crippen molar-refractivity contribution in [2.45, 2.75) is 25.8 Å². The van der Waals surface area contributed by atoms with Crippen molar-refractivity contribution in [2.24, 2.45) is 5.92 Å². The topological polar surface area (TPSA) is 71.0 Å². The van der Waals surface area contributed by atoms with Gasteiger partial charge in [-0.25, -0.2) is 9.97 Å². The smallest absolute Gasteiger partial charge is 0.272 e. The average molecular weight is 387 g/mol. The molecule has 2 aromatic heterocycles. The lowest BCUT2D eigenvalue weighted by molar-refractivity contribution is 0.0684. The molecule has 3 aromatic rings. The molecular formula is C23H25N5O. The van der Waals surface area contributed by atoms with Gasteiger partial charge in [0.15, 0.2) is 0 Å². The Kier molecular flexibility index (Phi) is 6.10. The summed E-state index contributed by atoms with van der Waals surface area (Å²) in [7, 11) is 0. The Morgan fingerprint density at radius 1 is 1.03 bits per heavy atom. The van der Waals surface area contributed by atoms with Crippen LogP contribution < -0.4 is 5.32 Å². The van der Waals surface area contributed by atoms with Crippen molar-refractivity contribution in [3.05, 3.63) is 84.1 Å². The van der Waals surface area contributed by atoms with E-state index < -0.39 is 0 Å². The lowest BCUT2D eigenvalue weighted by Gasteiger charge is -2.32. The number of hydrogen-bond acceptors (Lipinski definition) is 5. The summed E-state index contributed by atoms with van der Waals surface area (Å²) in [6.45, 7) is 2.15. The first-order valence-electron chi connectivity index (χ1n) is 10.1. The highest BCUT2D eigenvalue weighted by Gasteiger charge is 2.24. The quantitative estimate of drug-likeness (QED) is 0.700. The highest BCUT2D eigenvalue weighted by molar-refractivity contribution is 5.92. The number of hydrogen-bond donors (Lipinski definition) is 1. The molecule has 148 valence electrons. The maximum absolute atomic E-state index is 12.9. The van der Waals surface area contributed by atoms with Gasteiger partial charge in [0, 0.05) is 38.1 Å². The lowest BCUT2D eigenvalue weighted by atomic mass is 9.90. The maximum atomic E-state index is 12.9. The zero-order chi connectivity index (χ0) is 19.9. The third kappa shape index (κ3) is 5.16. The van der Waals surface area contributed by atoms with Gasteiger partial charge in [-0.3, -0.25) is 9.78 Å². The minimum Gasteiger partial charge on any atom is -0.366 e. The maximum Gasteiger partial charge on any atom is 0.272 e. The van der Waals surface area contributed by atoms with Crippen molar-refractivity contribution < 1.29 is 4.79 Å². The molecule has 0 bridgehead atoms. The Balaban J connectivity index is 1.31. The van der Waals surface area contributed by atoms with Crippen LogP contribution in [0.25, 0.3) is 0 Å².